The molecule has 104 valence electrons. The zero-order chi connectivity index (χ0) is 14.7. The summed E-state index contributed by atoms with van der Waals surface area (Å²) in [5.41, 5.74) is 6.64. The molecule has 0 bridgehead atoms. The molecule has 0 amide bonds. The average Bonchev–Trinajstić information content (AvgIpc) is 2.41. The van der Waals surface area contributed by atoms with Gasteiger partial charge in [-0.25, -0.2) is 9.18 Å². The molecule has 2 aromatic rings. The molecule has 0 unspecified atom stereocenters. The highest BCUT2D eigenvalue weighted by Gasteiger charge is 2.13. The number of para-hydroxylation sites is 1. The van der Waals surface area contributed by atoms with Gasteiger partial charge in [0.1, 0.15) is 0 Å². The summed E-state index contributed by atoms with van der Waals surface area (Å²) < 4.78 is 18.4. The predicted molar refractivity (Wildman–Crippen MR) is 74.0 cm³/mol. The Bertz CT molecular complexity index is 659. The Morgan fingerprint density at radius 1 is 1.35 bits per heavy atom. The number of hydrogen-bond donors (Lipinski definition) is 3. The quantitative estimate of drug-likeness (QED) is 0.748. The molecule has 4 N–H and O–H groups in total. The Hall–Kier alpha value is -2.76. The van der Waals surface area contributed by atoms with Gasteiger partial charge in [-0.1, -0.05) is 6.07 Å². The summed E-state index contributed by atoms with van der Waals surface area (Å²) in [6.07, 6.45) is 0. The summed E-state index contributed by atoms with van der Waals surface area (Å²) in [6.45, 7) is 0. The molecule has 0 saturated heterocycles. The number of carboxylic acid groups (broad SMARTS) is 1. The number of carbonyl (C=O) groups is 1. The lowest BCUT2D eigenvalue weighted by molar-refractivity contribution is 0.0698. The van der Waals surface area contributed by atoms with Gasteiger partial charge in [-0.3, -0.25) is 0 Å². The van der Waals surface area contributed by atoms with Crippen LogP contribution in [0.2, 0.25) is 0 Å². The number of halogens is 1. The van der Waals surface area contributed by atoms with Gasteiger partial charge in [0.15, 0.2) is 11.6 Å². The number of aromatic carboxylic acids is 1. The molecule has 0 aliphatic carbocycles. The summed E-state index contributed by atoms with van der Waals surface area (Å²) in [7, 11) is 1.36. The number of rotatable bonds is 4. The Kier molecular flexibility index (Phi) is 3.74. The van der Waals surface area contributed by atoms with E-state index in [1.807, 2.05) is 0 Å². The van der Waals surface area contributed by atoms with Gasteiger partial charge in [-0.15, -0.1) is 0 Å². The van der Waals surface area contributed by atoms with Crippen LogP contribution in [0.5, 0.6) is 5.75 Å². The van der Waals surface area contributed by atoms with Crippen LogP contribution in [-0.2, 0) is 0 Å². The fourth-order valence-corrected chi connectivity index (χ4v) is 1.78. The van der Waals surface area contributed by atoms with E-state index >= 15 is 0 Å². The van der Waals surface area contributed by atoms with Crippen molar-refractivity contribution in [3.63, 3.8) is 0 Å². The van der Waals surface area contributed by atoms with Crippen LogP contribution in [0.1, 0.15) is 10.4 Å². The average molecular weight is 276 g/mol. The topological polar surface area (TPSA) is 84.6 Å². The lowest BCUT2D eigenvalue weighted by atomic mass is 10.1. The SMILES string of the molecule is COc1ccc(Nc2c(N)cccc2C(=O)O)cc1F. The highest BCUT2D eigenvalue weighted by Crippen LogP contribution is 2.29. The molecule has 0 radical (unpaired) electrons. The van der Waals surface area contributed by atoms with Gasteiger partial charge in [0.25, 0.3) is 0 Å². The molecule has 2 aromatic carbocycles. The van der Waals surface area contributed by atoms with Crippen molar-refractivity contribution in [2.24, 2.45) is 0 Å². The minimum absolute atomic E-state index is 0.0150. The molecule has 2 rings (SSSR count). The predicted octanol–water partition coefficient (Wildman–Crippen LogP) is 2.86. The minimum Gasteiger partial charge on any atom is -0.494 e. The second-order valence-corrected chi connectivity index (χ2v) is 4.05. The van der Waals surface area contributed by atoms with Crippen LogP contribution in [0, 0.1) is 5.82 Å². The Morgan fingerprint density at radius 2 is 2.10 bits per heavy atom. The Labute approximate surface area is 114 Å². The molecule has 20 heavy (non-hydrogen) atoms. The van der Waals surface area contributed by atoms with Crippen molar-refractivity contribution < 1.29 is 19.0 Å². The van der Waals surface area contributed by atoms with Crippen LogP contribution in [0.25, 0.3) is 0 Å². The first-order valence-corrected chi connectivity index (χ1v) is 5.75. The molecule has 0 saturated carbocycles. The van der Waals surface area contributed by atoms with Crippen LogP contribution in [-0.4, -0.2) is 18.2 Å². The Balaban J connectivity index is 2.39. The van der Waals surface area contributed by atoms with Gasteiger partial charge >= 0.3 is 5.97 Å². The van der Waals surface area contributed by atoms with Crippen LogP contribution >= 0.6 is 0 Å². The van der Waals surface area contributed by atoms with Gasteiger partial charge in [-0.2, -0.15) is 0 Å². The summed E-state index contributed by atoms with van der Waals surface area (Å²) in [5, 5.41) is 11.9. The van der Waals surface area contributed by atoms with Crippen molar-refractivity contribution in [2.75, 3.05) is 18.2 Å². The van der Waals surface area contributed by atoms with Crippen molar-refractivity contribution in [3.8, 4) is 5.75 Å². The number of hydrogen-bond acceptors (Lipinski definition) is 4. The van der Waals surface area contributed by atoms with Gasteiger partial charge in [0.2, 0.25) is 0 Å². The number of nitrogen functional groups attached to an aromatic ring is 1. The lowest BCUT2D eigenvalue weighted by Crippen LogP contribution is -2.05. The van der Waals surface area contributed by atoms with Crippen LogP contribution < -0.4 is 15.8 Å². The normalized spacial score (nSPS) is 10.1. The van der Waals surface area contributed by atoms with E-state index in [0.717, 1.165) is 0 Å². The van der Waals surface area contributed by atoms with E-state index in [-0.39, 0.29) is 22.7 Å². The zero-order valence-electron chi connectivity index (χ0n) is 10.7. The van der Waals surface area contributed by atoms with Crippen molar-refractivity contribution in [3.05, 3.63) is 47.8 Å². The second kappa shape index (κ2) is 5.48. The number of nitrogens with two attached hydrogens (primary N) is 1. The molecule has 0 aliphatic heterocycles. The lowest BCUT2D eigenvalue weighted by Gasteiger charge is -2.13. The third-order valence-electron chi connectivity index (χ3n) is 2.75. The molecule has 5 nitrogen and oxygen atoms in total. The fraction of sp³-hybridized carbons (Fsp3) is 0.0714. The van der Waals surface area contributed by atoms with E-state index in [1.165, 1.54) is 25.3 Å². The van der Waals surface area contributed by atoms with E-state index in [9.17, 15) is 9.18 Å². The van der Waals surface area contributed by atoms with Crippen LogP contribution in [0.4, 0.5) is 21.5 Å². The minimum atomic E-state index is -1.12. The summed E-state index contributed by atoms with van der Waals surface area (Å²) >= 11 is 0. The first kappa shape index (κ1) is 13.7. The molecule has 0 aromatic heterocycles. The van der Waals surface area contributed by atoms with Crippen LogP contribution in [0.3, 0.4) is 0 Å². The van der Waals surface area contributed by atoms with E-state index < -0.39 is 11.8 Å². The molecule has 0 aliphatic rings. The van der Waals surface area contributed by atoms with Gasteiger partial charge in [-0.05, 0) is 24.3 Å². The third-order valence-corrected chi connectivity index (χ3v) is 2.75. The fourth-order valence-electron chi connectivity index (χ4n) is 1.78. The highest BCUT2D eigenvalue weighted by molar-refractivity contribution is 5.98. The summed E-state index contributed by atoms with van der Waals surface area (Å²) in [4.78, 5) is 11.1. The molecule has 0 spiro atoms. The van der Waals surface area contributed by atoms with E-state index in [2.05, 4.69) is 5.32 Å². The van der Waals surface area contributed by atoms with E-state index in [4.69, 9.17) is 15.6 Å². The second-order valence-electron chi connectivity index (χ2n) is 4.05. The summed E-state index contributed by atoms with van der Waals surface area (Å²) in [6, 6.07) is 8.74. The first-order valence-electron chi connectivity index (χ1n) is 5.75. The van der Waals surface area contributed by atoms with Crippen molar-refractivity contribution in [1.29, 1.82) is 0 Å². The number of carboxylic acids is 1. The smallest absolute Gasteiger partial charge is 0.337 e. The largest absolute Gasteiger partial charge is 0.494 e. The molecule has 6 heteroatoms. The third kappa shape index (κ3) is 2.64. The molecule has 0 atom stereocenters. The standard InChI is InChI=1S/C14H13FN2O3/c1-20-12-6-5-8(7-10(12)15)17-13-9(14(18)19)3-2-4-11(13)16/h2-7,17H,16H2,1H3,(H,18,19). The van der Waals surface area contributed by atoms with Crippen molar-refractivity contribution in [1.82, 2.24) is 0 Å². The van der Waals surface area contributed by atoms with Crippen LogP contribution in [0.15, 0.2) is 36.4 Å². The van der Waals surface area contributed by atoms with E-state index in [1.54, 1.807) is 18.2 Å². The number of anilines is 3. The summed E-state index contributed by atoms with van der Waals surface area (Å²) in [5.74, 6) is -1.56. The van der Waals surface area contributed by atoms with Gasteiger partial charge in [0.05, 0.1) is 24.0 Å². The van der Waals surface area contributed by atoms with Gasteiger partial charge < -0.3 is 20.9 Å². The number of ether oxygens (including phenoxy) is 1. The highest BCUT2D eigenvalue weighted by atomic mass is 19.1. The zero-order valence-corrected chi connectivity index (χ0v) is 10.7. The van der Waals surface area contributed by atoms with Crippen molar-refractivity contribution >= 4 is 23.0 Å². The number of nitrogens with one attached hydrogen (secondary N) is 1. The molecular weight excluding hydrogens is 263 g/mol. The number of benzene rings is 2. The van der Waals surface area contributed by atoms with Gasteiger partial charge in [0, 0.05) is 11.8 Å². The maximum Gasteiger partial charge on any atom is 0.337 e. The monoisotopic (exact) mass is 276 g/mol. The molecular formula is C14H13FN2O3. The maximum atomic E-state index is 13.6. The maximum absolute atomic E-state index is 13.6. The van der Waals surface area contributed by atoms with Crippen molar-refractivity contribution in [2.45, 2.75) is 0 Å². The molecule has 0 fully saturated rings. The first-order chi connectivity index (χ1) is 9.52. The molecule has 0 heterocycles. The number of methoxy groups -OCH3 is 1. The van der Waals surface area contributed by atoms with E-state index in [0.29, 0.717) is 5.69 Å². The Morgan fingerprint density at radius 3 is 2.70 bits per heavy atom.